The van der Waals surface area contributed by atoms with Crippen molar-refractivity contribution in [2.75, 3.05) is 0 Å². The number of aromatic nitrogens is 1. The van der Waals surface area contributed by atoms with Crippen molar-refractivity contribution in [3.05, 3.63) is 49.9 Å². The number of thiazole rings is 1. The molecule has 1 unspecified atom stereocenters. The van der Waals surface area contributed by atoms with Gasteiger partial charge in [-0.1, -0.05) is 35.3 Å². The van der Waals surface area contributed by atoms with Crippen molar-refractivity contribution in [1.82, 2.24) is 4.98 Å². The van der Waals surface area contributed by atoms with Crippen molar-refractivity contribution in [2.24, 2.45) is 0 Å². The number of rotatable bonds is 3. The third-order valence-corrected chi connectivity index (χ3v) is 4.29. The molecule has 0 saturated carbocycles. The van der Waals surface area contributed by atoms with Gasteiger partial charge in [-0.2, -0.15) is 0 Å². The topological polar surface area (TPSA) is 33.1 Å². The van der Waals surface area contributed by atoms with Gasteiger partial charge in [0.1, 0.15) is 11.1 Å². The van der Waals surface area contributed by atoms with Crippen molar-refractivity contribution >= 4 is 34.5 Å². The van der Waals surface area contributed by atoms with Crippen molar-refractivity contribution in [2.45, 2.75) is 19.4 Å². The molecule has 1 N–H and O–H groups in total. The monoisotopic (exact) mass is 287 g/mol. The fourth-order valence-electron chi connectivity index (χ4n) is 1.53. The summed E-state index contributed by atoms with van der Waals surface area (Å²) in [6.45, 7) is 1.90. The summed E-state index contributed by atoms with van der Waals surface area (Å²) in [4.78, 5) is 4.25. The van der Waals surface area contributed by atoms with Crippen LogP contribution < -0.4 is 0 Å². The Kier molecular flexibility index (Phi) is 4.05. The van der Waals surface area contributed by atoms with E-state index in [-0.39, 0.29) is 0 Å². The first-order valence-electron chi connectivity index (χ1n) is 5.11. The summed E-state index contributed by atoms with van der Waals surface area (Å²) < 4.78 is 0. The van der Waals surface area contributed by atoms with Gasteiger partial charge in [0, 0.05) is 17.5 Å². The highest BCUT2D eigenvalue weighted by atomic mass is 35.5. The van der Waals surface area contributed by atoms with Crippen LogP contribution in [0, 0.1) is 6.92 Å². The van der Waals surface area contributed by atoms with Crippen molar-refractivity contribution in [1.29, 1.82) is 0 Å². The molecule has 0 saturated heterocycles. The Morgan fingerprint density at radius 2 is 2.18 bits per heavy atom. The quantitative estimate of drug-likeness (QED) is 0.924. The second kappa shape index (κ2) is 5.36. The summed E-state index contributed by atoms with van der Waals surface area (Å²) in [5.74, 6) is 0. The number of aliphatic hydroxyl groups excluding tert-OH is 1. The Bertz CT molecular complexity index is 527. The van der Waals surface area contributed by atoms with Gasteiger partial charge in [0.2, 0.25) is 0 Å². The van der Waals surface area contributed by atoms with Crippen LogP contribution in [-0.4, -0.2) is 10.1 Å². The predicted molar refractivity (Wildman–Crippen MR) is 72.0 cm³/mol. The van der Waals surface area contributed by atoms with Crippen LogP contribution in [0.5, 0.6) is 0 Å². The van der Waals surface area contributed by atoms with Gasteiger partial charge in [0.15, 0.2) is 0 Å². The summed E-state index contributed by atoms with van der Waals surface area (Å²) >= 11 is 13.4. The molecule has 0 aliphatic rings. The van der Waals surface area contributed by atoms with E-state index >= 15 is 0 Å². The fourth-order valence-corrected chi connectivity index (χ4v) is 2.71. The molecule has 0 amide bonds. The molecule has 2 nitrogen and oxygen atoms in total. The molecule has 1 aromatic heterocycles. The zero-order valence-corrected chi connectivity index (χ0v) is 11.5. The highest BCUT2D eigenvalue weighted by Gasteiger charge is 2.14. The predicted octanol–water partition coefficient (Wildman–Crippen LogP) is 4.03. The van der Waals surface area contributed by atoms with Crippen molar-refractivity contribution < 1.29 is 5.11 Å². The number of halogens is 2. The lowest BCUT2D eigenvalue weighted by molar-refractivity contribution is 0.178. The lowest BCUT2D eigenvalue weighted by Gasteiger charge is -2.09. The maximum absolute atomic E-state index is 10.0. The zero-order chi connectivity index (χ0) is 12.4. The van der Waals surface area contributed by atoms with Gasteiger partial charge in [0.05, 0.1) is 10.0 Å². The van der Waals surface area contributed by atoms with E-state index in [4.69, 9.17) is 23.2 Å². The van der Waals surface area contributed by atoms with E-state index in [2.05, 4.69) is 4.98 Å². The number of benzene rings is 1. The molecule has 2 rings (SSSR count). The molecule has 17 heavy (non-hydrogen) atoms. The summed E-state index contributed by atoms with van der Waals surface area (Å²) in [6, 6.07) is 5.41. The first-order chi connectivity index (χ1) is 8.08. The van der Waals surface area contributed by atoms with Crippen molar-refractivity contribution in [3.63, 3.8) is 0 Å². The number of hydrogen-bond acceptors (Lipinski definition) is 3. The molecule has 0 aliphatic heterocycles. The molecule has 0 radical (unpaired) electrons. The maximum Gasteiger partial charge on any atom is 0.122 e. The van der Waals surface area contributed by atoms with Gasteiger partial charge < -0.3 is 5.11 Å². The first kappa shape index (κ1) is 12.8. The second-order valence-corrected chi connectivity index (χ2v) is 5.43. The lowest BCUT2D eigenvalue weighted by Crippen LogP contribution is -2.02. The highest BCUT2D eigenvalue weighted by molar-refractivity contribution is 7.09. The Morgan fingerprint density at radius 3 is 2.82 bits per heavy atom. The number of aryl methyl sites for hydroxylation is 1. The third kappa shape index (κ3) is 2.99. The molecule has 1 atom stereocenters. The van der Waals surface area contributed by atoms with Crippen LogP contribution in [-0.2, 0) is 6.42 Å². The number of aliphatic hydroxyl groups is 1. The minimum Gasteiger partial charge on any atom is -0.386 e. The van der Waals surface area contributed by atoms with Crippen LogP contribution in [0.3, 0.4) is 0 Å². The Morgan fingerprint density at radius 1 is 1.41 bits per heavy atom. The molecule has 5 heteroatoms. The second-order valence-electron chi connectivity index (χ2n) is 3.76. The normalized spacial score (nSPS) is 12.7. The van der Waals surface area contributed by atoms with E-state index in [1.165, 1.54) is 11.3 Å². The highest BCUT2D eigenvalue weighted by Crippen LogP contribution is 2.29. The minimum absolute atomic E-state index is 0.423. The van der Waals surface area contributed by atoms with Gasteiger partial charge in [-0.05, 0) is 18.6 Å². The van der Waals surface area contributed by atoms with E-state index in [1.54, 1.807) is 6.07 Å². The summed E-state index contributed by atoms with van der Waals surface area (Å²) in [5.41, 5.74) is 1.75. The first-order valence-corrected chi connectivity index (χ1v) is 6.74. The van der Waals surface area contributed by atoms with Crippen LogP contribution in [0.15, 0.2) is 23.6 Å². The summed E-state index contributed by atoms with van der Waals surface area (Å²) in [7, 11) is 0. The Labute approximate surface area is 114 Å². The molecule has 0 bridgehead atoms. The largest absolute Gasteiger partial charge is 0.386 e. The molecule has 2 aromatic rings. The van der Waals surface area contributed by atoms with E-state index in [9.17, 15) is 5.11 Å². The van der Waals surface area contributed by atoms with E-state index < -0.39 is 6.10 Å². The lowest BCUT2D eigenvalue weighted by atomic mass is 10.1. The molecule has 0 aliphatic carbocycles. The van der Waals surface area contributed by atoms with Gasteiger partial charge in [-0.15, -0.1) is 11.3 Å². The molecule has 1 heterocycles. The molecule has 0 fully saturated rings. The molecular formula is C12H11Cl2NOS. The van der Waals surface area contributed by atoms with Gasteiger partial charge in [-0.3, -0.25) is 0 Å². The van der Waals surface area contributed by atoms with E-state index in [0.717, 1.165) is 11.3 Å². The maximum atomic E-state index is 10.0. The van der Waals surface area contributed by atoms with Crippen LogP contribution in [0.1, 0.15) is 22.4 Å². The Hall–Kier alpha value is -0.610. The average Bonchev–Trinajstić information content (AvgIpc) is 2.72. The molecule has 90 valence electrons. The standard InChI is InChI=1S/C12H11Cl2NOS/c1-7-6-17-12(15-7)10(16)5-8-3-2-4-9(13)11(8)14/h2-4,6,10,16H,5H2,1H3. The fraction of sp³-hybridized carbons (Fsp3) is 0.250. The minimum atomic E-state index is -0.635. The average molecular weight is 288 g/mol. The zero-order valence-electron chi connectivity index (χ0n) is 9.15. The van der Waals surface area contributed by atoms with Gasteiger partial charge >= 0.3 is 0 Å². The molecule has 0 spiro atoms. The van der Waals surface area contributed by atoms with Gasteiger partial charge in [-0.25, -0.2) is 4.98 Å². The number of hydrogen-bond donors (Lipinski definition) is 1. The van der Waals surface area contributed by atoms with Crippen molar-refractivity contribution in [3.8, 4) is 0 Å². The third-order valence-electron chi connectivity index (χ3n) is 2.37. The summed E-state index contributed by atoms with van der Waals surface area (Å²) in [6.07, 6.45) is -0.212. The Balaban J connectivity index is 2.18. The van der Waals surface area contributed by atoms with Crippen LogP contribution in [0.4, 0.5) is 0 Å². The smallest absolute Gasteiger partial charge is 0.122 e. The van der Waals surface area contributed by atoms with Crippen LogP contribution in [0.25, 0.3) is 0 Å². The van der Waals surface area contributed by atoms with Gasteiger partial charge in [0.25, 0.3) is 0 Å². The van der Waals surface area contributed by atoms with E-state index in [1.807, 2.05) is 24.4 Å². The number of nitrogens with zero attached hydrogens (tertiary/aromatic N) is 1. The SMILES string of the molecule is Cc1csc(C(O)Cc2cccc(Cl)c2Cl)n1. The summed E-state index contributed by atoms with van der Waals surface area (Å²) in [5, 5.41) is 13.7. The van der Waals surface area contributed by atoms with E-state index in [0.29, 0.717) is 21.5 Å². The van der Waals surface area contributed by atoms with Crippen LogP contribution >= 0.6 is 34.5 Å². The molecule has 1 aromatic carbocycles. The van der Waals surface area contributed by atoms with Crippen LogP contribution in [0.2, 0.25) is 10.0 Å². The molecular weight excluding hydrogens is 277 g/mol.